The molecule has 40 heavy (non-hydrogen) atoms. The van der Waals surface area contributed by atoms with Gasteiger partial charge in [0.05, 0.1) is 0 Å². The van der Waals surface area contributed by atoms with Gasteiger partial charge in [0.25, 0.3) is 0 Å². The summed E-state index contributed by atoms with van der Waals surface area (Å²) in [5, 5.41) is 19.6. The zero-order chi connectivity index (χ0) is 27.6. The van der Waals surface area contributed by atoms with Gasteiger partial charge in [0, 0.05) is 61.4 Å². The first-order valence-electron chi connectivity index (χ1n) is 14.2. The van der Waals surface area contributed by atoms with Crippen molar-refractivity contribution < 1.29 is 0 Å². The van der Waals surface area contributed by atoms with Crippen molar-refractivity contribution in [1.82, 2.24) is 20.4 Å². The van der Waals surface area contributed by atoms with Crippen molar-refractivity contribution >= 4 is 67.6 Å². The smallest absolute Gasteiger partial charge is 0.170 e. The van der Waals surface area contributed by atoms with Gasteiger partial charge >= 0.3 is 0 Å². The lowest BCUT2D eigenvalue weighted by Gasteiger charge is -2.34. The largest absolute Gasteiger partial charge is 0.362 e. The van der Waals surface area contributed by atoms with E-state index in [0.717, 1.165) is 76.6 Å². The molecule has 5 rings (SSSR count). The third-order valence-electron chi connectivity index (χ3n) is 7.41. The van der Waals surface area contributed by atoms with Crippen LogP contribution in [-0.2, 0) is 0 Å². The summed E-state index contributed by atoms with van der Waals surface area (Å²) in [4.78, 5) is 5.11. The lowest BCUT2D eigenvalue weighted by molar-refractivity contribution is 0.131. The maximum Gasteiger partial charge on any atom is 0.170 e. The Morgan fingerprint density at radius 2 is 0.950 bits per heavy atom. The first kappa shape index (κ1) is 28.2. The number of piperazine rings is 1. The van der Waals surface area contributed by atoms with Crippen molar-refractivity contribution in [3.8, 4) is 0 Å². The third kappa shape index (κ3) is 7.88. The van der Waals surface area contributed by atoms with Crippen molar-refractivity contribution in [2.45, 2.75) is 12.8 Å². The molecule has 1 aliphatic rings. The zero-order valence-corrected chi connectivity index (χ0v) is 24.5. The van der Waals surface area contributed by atoms with E-state index in [1.807, 2.05) is 0 Å². The molecule has 1 aliphatic heterocycles. The van der Waals surface area contributed by atoms with Gasteiger partial charge in [-0.25, -0.2) is 0 Å². The lowest BCUT2D eigenvalue weighted by Crippen LogP contribution is -2.47. The van der Waals surface area contributed by atoms with Crippen LogP contribution in [0, 0.1) is 0 Å². The second-order valence-corrected chi connectivity index (χ2v) is 11.0. The Morgan fingerprint density at radius 3 is 1.40 bits per heavy atom. The highest BCUT2D eigenvalue weighted by atomic mass is 32.1. The molecule has 0 aromatic heterocycles. The van der Waals surface area contributed by atoms with Gasteiger partial charge in [-0.3, -0.25) is 0 Å². The summed E-state index contributed by atoms with van der Waals surface area (Å²) >= 11 is 11.1. The SMILES string of the molecule is S=C(NCCCN1CCN(CCCNC(=S)Nc2cccc3ccccc23)CC1)Nc1cccc2ccccc12. The summed E-state index contributed by atoms with van der Waals surface area (Å²) in [5.74, 6) is 0. The van der Waals surface area contributed by atoms with Crippen LogP contribution < -0.4 is 21.3 Å². The minimum absolute atomic E-state index is 0.682. The molecular formula is C32H38N6S2. The molecule has 8 heteroatoms. The maximum atomic E-state index is 5.54. The van der Waals surface area contributed by atoms with Crippen LogP contribution in [-0.4, -0.2) is 72.4 Å². The molecule has 0 atom stereocenters. The maximum absolute atomic E-state index is 5.54. The highest BCUT2D eigenvalue weighted by Crippen LogP contribution is 2.23. The van der Waals surface area contributed by atoms with Gasteiger partial charge in [0.15, 0.2) is 10.2 Å². The normalized spacial score (nSPS) is 14.2. The zero-order valence-electron chi connectivity index (χ0n) is 22.9. The van der Waals surface area contributed by atoms with Gasteiger partial charge in [-0.1, -0.05) is 72.8 Å². The number of rotatable bonds is 10. The summed E-state index contributed by atoms with van der Waals surface area (Å²) in [6, 6.07) is 29.2. The Labute approximate surface area is 248 Å². The van der Waals surface area contributed by atoms with E-state index in [9.17, 15) is 0 Å². The molecule has 0 unspecified atom stereocenters. The molecule has 4 N–H and O–H groups in total. The average Bonchev–Trinajstić information content (AvgIpc) is 2.99. The fourth-order valence-electron chi connectivity index (χ4n) is 5.25. The molecule has 0 amide bonds. The number of hydrogen-bond donors (Lipinski definition) is 4. The number of nitrogens with zero attached hydrogens (tertiary/aromatic N) is 2. The van der Waals surface area contributed by atoms with Crippen LogP contribution in [0.25, 0.3) is 21.5 Å². The summed E-state index contributed by atoms with van der Waals surface area (Å²) in [7, 11) is 0. The highest BCUT2D eigenvalue weighted by molar-refractivity contribution is 7.80. The Morgan fingerprint density at radius 1 is 0.550 bits per heavy atom. The monoisotopic (exact) mass is 570 g/mol. The van der Waals surface area contributed by atoms with Crippen molar-refractivity contribution in [2.24, 2.45) is 0 Å². The molecule has 1 fully saturated rings. The number of fused-ring (bicyclic) bond motifs is 2. The van der Waals surface area contributed by atoms with Crippen LogP contribution in [0.15, 0.2) is 84.9 Å². The molecular weight excluding hydrogens is 533 g/mol. The minimum atomic E-state index is 0.682. The van der Waals surface area contributed by atoms with E-state index in [0.29, 0.717) is 10.2 Å². The average molecular weight is 571 g/mol. The Kier molecular flexibility index (Phi) is 10.1. The number of benzene rings is 4. The van der Waals surface area contributed by atoms with Crippen molar-refractivity contribution in [1.29, 1.82) is 0 Å². The van der Waals surface area contributed by atoms with E-state index in [1.165, 1.54) is 21.5 Å². The molecule has 0 spiro atoms. The molecule has 4 aromatic carbocycles. The number of hydrogen-bond acceptors (Lipinski definition) is 4. The van der Waals surface area contributed by atoms with E-state index in [-0.39, 0.29) is 0 Å². The Bertz CT molecular complexity index is 1310. The Hall–Kier alpha value is -3.30. The van der Waals surface area contributed by atoms with Gasteiger partial charge in [-0.15, -0.1) is 0 Å². The molecule has 0 aliphatic carbocycles. The standard InChI is InChI=1S/C32H38N6S2/c39-31(35-29-15-5-11-25-9-1-3-13-27(25)29)33-17-7-19-37-21-23-38(24-22-37)20-8-18-34-32(40)36-30-16-6-12-26-10-2-4-14-28(26)30/h1-6,9-16H,7-8,17-24H2,(H2,33,35,39)(H2,34,36,40). The second kappa shape index (κ2) is 14.4. The van der Waals surface area contributed by atoms with Gasteiger partial charge in [0.1, 0.15) is 0 Å². The third-order valence-corrected chi connectivity index (χ3v) is 7.91. The van der Waals surface area contributed by atoms with Gasteiger partial charge in [-0.2, -0.15) is 0 Å². The first-order chi connectivity index (χ1) is 19.7. The van der Waals surface area contributed by atoms with Crippen molar-refractivity contribution in [2.75, 3.05) is 63.0 Å². The first-order valence-corrected chi connectivity index (χ1v) is 15.0. The predicted molar refractivity (Wildman–Crippen MR) is 178 cm³/mol. The van der Waals surface area contributed by atoms with Gasteiger partial charge in [0.2, 0.25) is 0 Å². The lowest BCUT2D eigenvalue weighted by atomic mass is 10.1. The number of thiocarbonyl (C=S) groups is 2. The van der Waals surface area contributed by atoms with E-state index in [4.69, 9.17) is 24.4 Å². The fraction of sp³-hybridized carbons (Fsp3) is 0.312. The predicted octanol–water partition coefficient (Wildman–Crippen LogP) is 5.66. The topological polar surface area (TPSA) is 54.6 Å². The quantitative estimate of drug-likeness (QED) is 0.144. The molecule has 0 radical (unpaired) electrons. The van der Waals surface area contributed by atoms with E-state index >= 15 is 0 Å². The number of nitrogens with one attached hydrogen (secondary N) is 4. The summed E-state index contributed by atoms with van der Waals surface area (Å²) in [6.45, 7) is 8.39. The summed E-state index contributed by atoms with van der Waals surface area (Å²) < 4.78 is 0. The Balaban J connectivity index is 0.922. The van der Waals surface area contributed by atoms with E-state index < -0.39 is 0 Å². The molecule has 4 aromatic rings. The molecule has 0 bridgehead atoms. The molecule has 1 heterocycles. The molecule has 1 saturated heterocycles. The van der Waals surface area contributed by atoms with E-state index in [1.54, 1.807) is 0 Å². The van der Waals surface area contributed by atoms with Gasteiger partial charge in [-0.05, 0) is 73.3 Å². The van der Waals surface area contributed by atoms with Crippen LogP contribution in [0.4, 0.5) is 11.4 Å². The van der Waals surface area contributed by atoms with Crippen LogP contribution in [0.2, 0.25) is 0 Å². The molecule has 208 valence electrons. The van der Waals surface area contributed by atoms with Crippen LogP contribution in [0.5, 0.6) is 0 Å². The second-order valence-electron chi connectivity index (χ2n) is 10.2. The van der Waals surface area contributed by atoms with Crippen molar-refractivity contribution in [3.05, 3.63) is 84.9 Å². The minimum Gasteiger partial charge on any atom is -0.362 e. The van der Waals surface area contributed by atoms with Crippen LogP contribution in [0.3, 0.4) is 0 Å². The van der Waals surface area contributed by atoms with Crippen LogP contribution in [0.1, 0.15) is 12.8 Å². The van der Waals surface area contributed by atoms with Gasteiger partial charge < -0.3 is 31.1 Å². The van der Waals surface area contributed by atoms with Crippen molar-refractivity contribution in [3.63, 3.8) is 0 Å². The van der Waals surface area contributed by atoms with E-state index in [2.05, 4.69) is 116 Å². The molecule has 0 saturated carbocycles. The summed E-state index contributed by atoms with van der Waals surface area (Å²) in [6.07, 6.45) is 2.14. The highest BCUT2D eigenvalue weighted by Gasteiger charge is 2.16. The molecule has 6 nitrogen and oxygen atoms in total. The fourth-order valence-corrected chi connectivity index (χ4v) is 5.67. The number of anilines is 2. The summed E-state index contributed by atoms with van der Waals surface area (Å²) in [5.41, 5.74) is 2.09. The van der Waals surface area contributed by atoms with Crippen LogP contribution >= 0.6 is 24.4 Å².